The maximum absolute atomic E-state index is 10.4. The molecule has 2 atom stereocenters. The number of hydrogen-bond acceptors (Lipinski definition) is 2. The quantitative estimate of drug-likeness (QED) is 0.779. The maximum Gasteiger partial charge on any atom is 0.202 e. The van der Waals surface area contributed by atoms with Crippen LogP contribution in [0.5, 0.6) is 11.8 Å². The van der Waals surface area contributed by atoms with Crippen LogP contribution in [0.2, 0.25) is 5.02 Å². The molecule has 0 fully saturated rings. The zero-order valence-corrected chi connectivity index (χ0v) is 10.8. The van der Waals surface area contributed by atoms with Crippen molar-refractivity contribution in [1.82, 2.24) is 4.57 Å². The van der Waals surface area contributed by atoms with Gasteiger partial charge in [-0.1, -0.05) is 35.9 Å². The van der Waals surface area contributed by atoms with Crippen molar-refractivity contribution in [2.75, 3.05) is 0 Å². The molecule has 0 aliphatic heterocycles. The Morgan fingerprint density at radius 3 is 2.16 bits per heavy atom. The molecule has 0 radical (unpaired) electrons. The van der Waals surface area contributed by atoms with Crippen LogP contribution in [0.1, 0.15) is 29.4 Å². The number of hydrogen-bond donors (Lipinski definition) is 2. The molecular weight excluding hydrogens is 262 g/mol. The molecule has 1 heterocycles. The monoisotopic (exact) mass is 273 g/mol. The number of aromatic hydroxyl groups is 2. The standard InChI is InChI=1S/C15H12ClNO2/c16-10-3-1-2-4-11(10)17-14(18)12-8-5-6-9(7-8)13(12)15(17)19/h1-6,8-9,18-19H,7H2. The predicted molar refractivity (Wildman–Crippen MR) is 73.3 cm³/mol. The van der Waals surface area contributed by atoms with E-state index >= 15 is 0 Å². The van der Waals surface area contributed by atoms with Gasteiger partial charge >= 0.3 is 0 Å². The van der Waals surface area contributed by atoms with E-state index in [4.69, 9.17) is 11.6 Å². The molecule has 0 spiro atoms. The first-order chi connectivity index (χ1) is 9.18. The highest BCUT2D eigenvalue weighted by molar-refractivity contribution is 6.32. The third-order valence-electron chi connectivity index (χ3n) is 4.11. The van der Waals surface area contributed by atoms with Gasteiger partial charge in [-0.15, -0.1) is 0 Å². The SMILES string of the molecule is Oc1c2c(c(O)n1-c1ccccc1Cl)C1C=CC2C1. The van der Waals surface area contributed by atoms with Crippen LogP contribution in [0, 0.1) is 0 Å². The lowest BCUT2D eigenvalue weighted by Crippen LogP contribution is -1.96. The number of benzene rings is 1. The molecule has 19 heavy (non-hydrogen) atoms. The fourth-order valence-corrected chi connectivity index (χ4v) is 3.52. The number of para-hydroxylation sites is 1. The van der Waals surface area contributed by atoms with Gasteiger partial charge in [0, 0.05) is 23.0 Å². The molecule has 0 saturated carbocycles. The highest BCUT2D eigenvalue weighted by Crippen LogP contribution is 2.57. The second kappa shape index (κ2) is 3.58. The van der Waals surface area contributed by atoms with Crippen molar-refractivity contribution in [3.8, 4) is 17.4 Å². The number of fused-ring (bicyclic) bond motifs is 5. The Morgan fingerprint density at radius 1 is 1.00 bits per heavy atom. The predicted octanol–water partition coefficient (Wildman–Crippen LogP) is 3.68. The van der Waals surface area contributed by atoms with E-state index in [1.807, 2.05) is 12.1 Å². The smallest absolute Gasteiger partial charge is 0.202 e. The summed E-state index contributed by atoms with van der Waals surface area (Å²) in [6, 6.07) is 7.18. The molecule has 2 unspecified atom stereocenters. The van der Waals surface area contributed by atoms with Crippen molar-refractivity contribution < 1.29 is 10.2 Å². The van der Waals surface area contributed by atoms with E-state index in [1.54, 1.807) is 12.1 Å². The van der Waals surface area contributed by atoms with Gasteiger partial charge in [-0.2, -0.15) is 0 Å². The van der Waals surface area contributed by atoms with Crippen LogP contribution in [0.3, 0.4) is 0 Å². The van der Waals surface area contributed by atoms with Crippen molar-refractivity contribution in [1.29, 1.82) is 0 Å². The average Bonchev–Trinajstić information content (AvgIpc) is 3.06. The first-order valence-corrected chi connectivity index (χ1v) is 6.66. The number of allylic oxidation sites excluding steroid dienone is 2. The number of aromatic nitrogens is 1. The van der Waals surface area contributed by atoms with E-state index in [2.05, 4.69) is 12.2 Å². The van der Waals surface area contributed by atoms with Crippen molar-refractivity contribution in [3.63, 3.8) is 0 Å². The Bertz CT molecular complexity index is 682. The summed E-state index contributed by atoms with van der Waals surface area (Å²) in [4.78, 5) is 0. The Hall–Kier alpha value is -1.87. The van der Waals surface area contributed by atoms with Crippen LogP contribution < -0.4 is 0 Å². The molecule has 2 aliphatic rings. The summed E-state index contributed by atoms with van der Waals surface area (Å²) in [5.41, 5.74) is 2.31. The second-order valence-electron chi connectivity index (χ2n) is 5.09. The minimum Gasteiger partial charge on any atom is -0.494 e. The molecule has 1 aromatic carbocycles. The largest absolute Gasteiger partial charge is 0.494 e. The molecule has 2 bridgehead atoms. The molecule has 0 amide bonds. The number of rotatable bonds is 1. The maximum atomic E-state index is 10.4. The van der Waals surface area contributed by atoms with E-state index in [0.29, 0.717) is 10.7 Å². The minimum absolute atomic E-state index is 0.109. The first-order valence-electron chi connectivity index (χ1n) is 6.28. The highest BCUT2D eigenvalue weighted by Gasteiger charge is 2.41. The Kier molecular flexibility index (Phi) is 2.07. The summed E-state index contributed by atoms with van der Waals surface area (Å²) in [5.74, 6) is 0.652. The molecule has 3 nitrogen and oxygen atoms in total. The van der Waals surface area contributed by atoms with Gasteiger partial charge in [0.1, 0.15) is 0 Å². The molecule has 2 aromatic rings. The van der Waals surface area contributed by atoms with Crippen molar-refractivity contribution in [2.24, 2.45) is 0 Å². The Balaban J connectivity index is 2.00. The molecule has 0 saturated heterocycles. The molecule has 1 aromatic heterocycles. The van der Waals surface area contributed by atoms with Gasteiger partial charge in [0.05, 0.1) is 10.7 Å². The second-order valence-corrected chi connectivity index (χ2v) is 5.50. The topological polar surface area (TPSA) is 45.4 Å². The number of halogens is 1. The summed E-state index contributed by atoms with van der Waals surface area (Å²) in [6.07, 6.45) is 5.15. The minimum atomic E-state index is 0.109. The van der Waals surface area contributed by atoms with Crippen LogP contribution in [0.25, 0.3) is 5.69 Å². The van der Waals surface area contributed by atoms with Gasteiger partial charge in [0.15, 0.2) is 0 Å². The Morgan fingerprint density at radius 2 is 1.58 bits per heavy atom. The van der Waals surface area contributed by atoms with Crippen LogP contribution >= 0.6 is 11.6 Å². The molecule has 2 aliphatic carbocycles. The highest BCUT2D eigenvalue weighted by atomic mass is 35.5. The summed E-state index contributed by atoms with van der Waals surface area (Å²) >= 11 is 6.16. The van der Waals surface area contributed by atoms with E-state index in [9.17, 15) is 10.2 Å². The average molecular weight is 274 g/mol. The van der Waals surface area contributed by atoms with E-state index in [-0.39, 0.29) is 23.6 Å². The lowest BCUT2D eigenvalue weighted by molar-refractivity contribution is 0.395. The van der Waals surface area contributed by atoms with Gasteiger partial charge < -0.3 is 10.2 Å². The lowest BCUT2D eigenvalue weighted by atomic mass is 10.0. The third-order valence-corrected chi connectivity index (χ3v) is 4.43. The summed E-state index contributed by atoms with van der Waals surface area (Å²) in [7, 11) is 0. The normalized spacial score (nSPS) is 23.0. The lowest BCUT2D eigenvalue weighted by Gasteiger charge is -2.11. The van der Waals surface area contributed by atoms with Crippen LogP contribution in [-0.2, 0) is 0 Å². The molecule has 4 rings (SSSR count). The summed E-state index contributed by atoms with van der Waals surface area (Å²) < 4.78 is 1.44. The summed E-state index contributed by atoms with van der Waals surface area (Å²) in [6.45, 7) is 0. The molecule has 96 valence electrons. The van der Waals surface area contributed by atoms with Crippen LogP contribution in [0.4, 0.5) is 0 Å². The Labute approximate surface area is 115 Å². The van der Waals surface area contributed by atoms with E-state index in [1.165, 1.54) is 4.57 Å². The fourth-order valence-electron chi connectivity index (χ4n) is 3.30. The van der Waals surface area contributed by atoms with Crippen molar-refractivity contribution in [2.45, 2.75) is 18.3 Å². The first kappa shape index (κ1) is 11.0. The third kappa shape index (κ3) is 1.28. The van der Waals surface area contributed by atoms with Crippen molar-refractivity contribution >= 4 is 11.6 Å². The fraction of sp³-hybridized carbons (Fsp3) is 0.200. The van der Waals surface area contributed by atoms with Gasteiger partial charge in [-0.3, -0.25) is 0 Å². The molecular formula is C15H12ClNO2. The summed E-state index contributed by atoms with van der Waals surface area (Å²) in [5, 5.41) is 21.4. The van der Waals surface area contributed by atoms with E-state index in [0.717, 1.165) is 17.5 Å². The molecule has 4 heteroatoms. The van der Waals surface area contributed by atoms with Gasteiger partial charge in [0.25, 0.3) is 0 Å². The van der Waals surface area contributed by atoms with Gasteiger partial charge in [-0.25, -0.2) is 4.57 Å². The zero-order chi connectivity index (χ0) is 13.1. The number of nitrogens with zero attached hydrogens (tertiary/aromatic N) is 1. The van der Waals surface area contributed by atoms with Crippen molar-refractivity contribution in [3.05, 3.63) is 52.6 Å². The van der Waals surface area contributed by atoms with E-state index < -0.39 is 0 Å². The van der Waals surface area contributed by atoms with Crippen LogP contribution in [-0.4, -0.2) is 14.8 Å². The van der Waals surface area contributed by atoms with Gasteiger partial charge in [-0.05, 0) is 18.6 Å². The zero-order valence-electron chi connectivity index (χ0n) is 10.0. The van der Waals surface area contributed by atoms with Gasteiger partial charge in [0.2, 0.25) is 11.8 Å². The molecule has 2 N–H and O–H groups in total. The van der Waals surface area contributed by atoms with Crippen LogP contribution in [0.15, 0.2) is 36.4 Å².